The Labute approximate surface area is 311 Å². The van der Waals surface area contributed by atoms with Crippen molar-refractivity contribution in [2.24, 2.45) is 0 Å². The fourth-order valence-corrected chi connectivity index (χ4v) is 6.29. The lowest BCUT2D eigenvalue weighted by molar-refractivity contribution is -0.121. The van der Waals surface area contributed by atoms with Gasteiger partial charge in [-0.25, -0.2) is 4.98 Å². The third-order valence-corrected chi connectivity index (χ3v) is 9.05. The third kappa shape index (κ3) is 10.4. The lowest BCUT2D eigenvalue weighted by Gasteiger charge is -2.20. The number of aryl methyl sites for hydroxylation is 1. The minimum Gasteiger partial charge on any atom is -0.377 e. The second kappa shape index (κ2) is 18.6. The molecule has 6 aromatic rings. The summed E-state index contributed by atoms with van der Waals surface area (Å²) in [6, 6.07) is 20.8. The van der Waals surface area contributed by atoms with E-state index in [1.165, 1.54) is 0 Å². The summed E-state index contributed by atoms with van der Waals surface area (Å²) < 4.78 is 19.3. The fourth-order valence-electron chi connectivity index (χ4n) is 5.76. The number of amides is 2. The molecular weight excluding hydrogens is 703 g/mol. The molecule has 0 bridgehead atoms. The summed E-state index contributed by atoms with van der Waals surface area (Å²) in [5, 5.41) is 9.07. The molecule has 52 heavy (non-hydrogen) atoms. The number of rotatable bonds is 19. The molecule has 0 aliphatic rings. The number of benzene rings is 3. The van der Waals surface area contributed by atoms with Gasteiger partial charge in [-0.15, -0.1) is 0 Å². The number of nitrogens with one attached hydrogen (secondary N) is 3. The van der Waals surface area contributed by atoms with Crippen LogP contribution < -0.4 is 10.6 Å². The zero-order valence-corrected chi connectivity index (χ0v) is 30.0. The predicted octanol–water partition coefficient (Wildman–Crippen LogP) is 6.69. The Balaban J connectivity index is 0.811. The van der Waals surface area contributed by atoms with E-state index in [0.717, 1.165) is 38.5 Å². The molecule has 1 unspecified atom stereocenters. The highest BCUT2D eigenvalue weighted by molar-refractivity contribution is 6.35. The number of carbonyl (C=O) groups is 2. The van der Waals surface area contributed by atoms with Crippen LogP contribution in [0.4, 0.5) is 0 Å². The number of aromatic nitrogens is 4. The molecule has 2 amide bonds. The van der Waals surface area contributed by atoms with Crippen LogP contribution in [0.25, 0.3) is 21.8 Å². The van der Waals surface area contributed by atoms with Gasteiger partial charge in [0, 0.05) is 87.3 Å². The maximum absolute atomic E-state index is 12.6. The molecule has 270 valence electrons. The van der Waals surface area contributed by atoms with Crippen LogP contribution in [0.3, 0.4) is 0 Å². The second-order valence-electron chi connectivity index (χ2n) is 12.2. The summed E-state index contributed by atoms with van der Waals surface area (Å²) in [4.78, 5) is 36.7. The highest BCUT2D eigenvalue weighted by atomic mass is 35.5. The normalized spacial score (nSPS) is 12.0. The number of imidazole rings is 1. The molecule has 3 N–H and O–H groups in total. The molecule has 0 saturated carbocycles. The van der Waals surface area contributed by atoms with Gasteiger partial charge in [0.25, 0.3) is 5.91 Å². The topological polar surface area (TPSA) is 132 Å². The van der Waals surface area contributed by atoms with Gasteiger partial charge in [-0.1, -0.05) is 53.5 Å². The van der Waals surface area contributed by atoms with Gasteiger partial charge in [0.1, 0.15) is 6.10 Å². The van der Waals surface area contributed by atoms with Crippen molar-refractivity contribution in [2.75, 3.05) is 39.5 Å². The van der Waals surface area contributed by atoms with E-state index in [2.05, 4.69) is 43.8 Å². The zero-order chi connectivity index (χ0) is 36.1. The summed E-state index contributed by atoms with van der Waals surface area (Å²) in [5.41, 5.74) is 5.47. The average molecular weight is 744 g/mol. The number of H-pyrrole nitrogens is 1. The van der Waals surface area contributed by atoms with E-state index in [0.29, 0.717) is 81.1 Å². The van der Waals surface area contributed by atoms with Gasteiger partial charge in [0.05, 0.1) is 45.9 Å². The maximum Gasteiger partial charge on any atom is 0.251 e. The second-order valence-corrected chi connectivity index (χ2v) is 13.0. The van der Waals surface area contributed by atoms with E-state index >= 15 is 0 Å². The molecule has 0 aliphatic heterocycles. The Hall–Kier alpha value is -4.78. The molecule has 0 saturated heterocycles. The van der Waals surface area contributed by atoms with Crippen molar-refractivity contribution in [3.63, 3.8) is 0 Å². The summed E-state index contributed by atoms with van der Waals surface area (Å²) in [6.07, 6.45) is 9.65. The first-order chi connectivity index (χ1) is 25.4. The fraction of sp³-hybridized carbons (Fsp3) is 0.282. The van der Waals surface area contributed by atoms with Crippen molar-refractivity contribution in [3.05, 3.63) is 130 Å². The number of hydrogen-bond donors (Lipinski definition) is 3. The molecular formula is C39H40Cl2N6O5. The highest BCUT2D eigenvalue weighted by Crippen LogP contribution is 2.30. The minimum absolute atomic E-state index is 0.0192. The van der Waals surface area contributed by atoms with E-state index < -0.39 is 0 Å². The molecule has 3 aromatic carbocycles. The van der Waals surface area contributed by atoms with E-state index in [1.54, 1.807) is 43.0 Å². The van der Waals surface area contributed by atoms with Crippen LogP contribution >= 0.6 is 23.2 Å². The number of pyridine rings is 1. The quantitative estimate of drug-likeness (QED) is 0.0788. The molecule has 0 aliphatic carbocycles. The van der Waals surface area contributed by atoms with Crippen LogP contribution in [0.2, 0.25) is 10.0 Å². The minimum atomic E-state index is -0.332. The molecule has 0 fully saturated rings. The molecule has 1 atom stereocenters. The van der Waals surface area contributed by atoms with Crippen molar-refractivity contribution in [1.29, 1.82) is 0 Å². The number of fused-ring (bicyclic) bond motifs is 3. The lowest BCUT2D eigenvalue weighted by Crippen LogP contribution is -2.28. The SMILES string of the molecule is O=C(CCc1ccc2c(c1)[nH]c1ccncc12)NCCOCCOCCNC(=O)c1ccc(COC(Cn2ccnc2)c2ccc(Cl)cc2Cl)cc1. The molecule has 3 aromatic heterocycles. The number of ether oxygens (including phenoxy) is 3. The monoisotopic (exact) mass is 742 g/mol. The van der Waals surface area contributed by atoms with E-state index in [9.17, 15) is 9.59 Å². The van der Waals surface area contributed by atoms with Crippen LogP contribution in [0.15, 0.2) is 97.8 Å². The number of halogens is 2. The largest absolute Gasteiger partial charge is 0.377 e. The van der Waals surface area contributed by atoms with Crippen molar-refractivity contribution >= 4 is 56.8 Å². The number of hydrogen-bond acceptors (Lipinski definition) is 7. The predicted molar refractivity (Wildman–Crippen MR) is 202 cm³/mol. The zero-order valence-electron chi connectivity index (χ0n) is 28.5. The molecule has 0 radical (unpaired) electrons. The third-order valence-electron chi connectivity index (χ3n) is 8.49. The molecule has 0 spiro atoms. The summed E-state index contributed by atoms with van der Waals surface area (Å²) in [5.74, 6) is -0.209. The first-order valence-electron chi connectivity index (χ1n) is 17.1. The Kier molecular flexibility index (Phi) is 13.3. The van der Waals surface area contributed by atoms with Gasteiger partial charge in [-0.3, -0.25) is 14.6 Å². The van der Waals surface area contributed by atoms with Crippen molar-refractivity contribution < 1.29 is 23.8 Å². The molecule has 11 nitrogen and oxygen atoms in total. The van der Waals surface area contributed by atoms with E-state index in [4.69, 9.17) is 37.4 Å². The first-order valence-corrected chi connectivity index (χ1v) is 17.8. The van der Waals surface area contributed by atoms with Crippen LogP contribution in [-0.4, -0.2) is 70.9 Å². The van der Waals surface area contributed by atoms with Crippen LogP contribution in [0.5, 0.6) is 0 Å². The Morgan fingerprint density at radius 3 is 2.37 bits per heavy atom. The van der Waals surface area contributed by atoms with Crippen LogP contribution in [0, 0.1) is 0 Å². The number of nitrogens with zero attached hydrogens (tertiary/aromatic N) is 3. The average Bonchev–Trinajstić information content (AvgIpc) is 3.81. The smallest absolute Gasteiger partial charge is 0.251 e. The highest BCUT2D eigenvalue weighted by Gasteiger charge is 2.17. The molecule has 13 heteroatoms. The number of carbonyl (C=O) groups excluding carboxylic acids is 2. The Morgan fingerprint density at radius 2 is 1.60 bits per heavy atom. The summed E-state index contributed by atoms with van der Waals surface area (Å²) >= 11 is 12.6. The Bertz CT molecular complexity index is 2070. The van der Waals surface area contributed by atoms with Crippen LogP contribution in [0.1, 0.15) is 39.6 Å². The van der Waals surface area contributed by atoms with E-state index in [1.807, 2.05) is 41.2 Å². The van der Waals surface area contributed by atoms with Crippen molar-refractivity contribution in [3.8, 4) is 0 Å². The van der Waals surface area contributed by atoms with Crippen molar-refractivity contribution in [1.82, 2.24) is 30.2 Å². The standard InChI is InChI=1S/C39H40Cl2N6O5/c40-30-7-9-32(34(41)22-30)37(24-47-16-13-43-26-47)52-25-28-1-5-29(6-2-28)39(49)45-15-18-51-20-19-50-17-14-44-38(48)10-4-27-3-8-31-33-23-42-12-11-35(33)46-36(31)21-27/h1-3,5-9,11-13,16,21-23,26,37,46H,4,10,14-15,17-20,24-25H2,(H,44,48)(H,45,49). The van der Waals surface area contributed by atoms with Gasteiger partial charge in [-0.05, 0) is 53.9 Å². The van der Waals surface area contributed by atoms with Gasteiger partial charge in [-0.2, -0.15) is 0 Å². The van der Waals surface area contributed by atoms with Crippen LogP contribution in [-0.2, 0) is 38.6 Å². The number of aromatic amines is 1. The van der Waals surface area contributed by atoms with Gasteiger partial charge >= 0.3 is 0 Å². The maximum atomic E-state index is 12.6. The van der Waals surface area contributed by atoms with Crippen molar-refractivity contribution in [2.45, 2.75) is 32.1 Å². The molecule has 6 rings (SSSR count). The van der Waals surface area contributed by atoms with Gasteiger partial charge < -0.3 is 34.4 Å². The van der Waals surface area contributed by atoms with Gasteiger partial charge in [0.2, 0.25) is 5.91 Å². The van der Waals surface area contributed by atoms with E-state index in [-0.39, 0.29) is 17.9 Å². The van der Waals surface area contributed by atoms with Gasteiger partial charge in [0.15, 0.2) is 0 Å². The Morgan fingerprint density at radius 1 is 0.808 bits per heavy atom. The first kappa shape index (κ1) is 37.0. The summed E-state index contributed by atoms with van der Waals surface area (Å²) in [6.45, 7) is 3.16. The lowest BCUT2D eigenvalue weighted by atomic mass is 10.1. The molecule has 3 heterocycles. The summed E-state index contributed by atoms with van der Waals surface area (Å²) in [7, 11) is 0.